The third-order valence-electron chi connectivity index (χ3n) is 2.11. The molecule has 0 aromatic heterocycles. The van der Waals surface area contributed by atoms with E-state index in [2.05, 4.69) is 12.2 Å². The Bertz CT molecular complexity index is 186. The molecule has 76 valence electrons. The standard InChI is InChI=1S/C8H17N3O2/c1-6-2-10-8(13)11(3-6)4-7(9)5-12/h6-7,12H,2-5,9H2,1H3,(H,10,13). The van der Waals surface area contributed by atoms with Gasteiger partial charge in [-0.2, -0.15) is 0 Å². The Morgan fingerprint density at radius 1 is 1.85 bits per heavy atom. The minimum Gasteiger partial charge on any atom is -0.395 e. The number of hydrogen-bond acceptors (Lipinski definition) is 3. The number of aliphatic hydroxyl groups excluding tert-OH is 1. The molecule has 1 fully saturated rings. The minimum atomic E-state index is -0.337. The largest absolute Gasteiger partial charge is 0.395 e. The van der Waals surface area contributed by atoms with E-state index in [0.29, 0.717) is 12.5 Å². The molecule has 0 spiro atoms. The molecule has 1 aliphatic heterocycles. The number of aliphatic hydroxyl groups is 1. The van der Waals surface area contributed by atoms with Gasteiger partial charge in [0.05, 0.1) is 6.61 Å². The normalized spacial score (nSPS) is 25.6. The molecule has 0 bridgehead atoms. The minimum absolute atomic E-state index is 0.0815. The summed E-state index contributed by atoms with van der Waals surface area (Å²) in [5, 5.41) is 11.5. The molecule has 1 saturated heterocycles. The van der Waals surface area contributed by atoms with Crippen LogP contribution in [0.2, 0.25) is 0 Å². The van der Waals surface area contributed by atoms with E-state index in [-0.39, 0.29) is 18.7 Å². The Morgan fingerprint density at radius 2 is 2.54 bits per heavy atom. The molecule has 2 amide bonds. The highest BCUT2D eigenvalue weighted by Crippen LogP contribution is 2.05. The second-order valence-electron chi connectivity index (χ2n) is 3.64. The molecule has 5 heteroatoms. The molecule has 0 radical (unpaired) electrons. The smallest absolute Gasteiger partial charge is 0.317 e. The summed E-state index contributed by atoms with van der Waals surface area (Å²) in [6.45, 7) is 3.85. The van der Waals surface area contributed by atoms with Crippen molar-refractivity contribution in [2.24, 2.45) is 11.7 Å². The van der Waals surface area contributed by atoms with Crippen LogP contribution in [-0.2, 0) is 0 Å². The third-order valence-corrected chi connectivity index (χ3v) is 2.11. The zero-order valence-corrected chi connectivity index (χ0v) is 7.86. The molecular weight excluding hydrogens is 170 g/mol. The van der Waals surface area contributed by atoms with E-state index in [1.54, 1.807) is 4.90 Å². The van der Waals surface area contributed by atoms with Gasteiger partial charge in [-0.25, -0.2) is 4.79 Å². The van der Waals surface area contributed by atoms with Gasteiger partial charge in [-0.1, -0.05) is 6.92 Å². The zero-order chi connectivity index (χ0) is 9.84. The van der Waals surface area contributed by atoms with Crippen LogP contribution in [0.3, 0.4) is 0 Å². The highest BCUT2D eigenvalue weighted by Gasteiger charge is 2.23. The summed E-state index contributed by atoms with van der Waals surface area (Å²) in [5.74, 6) is 0.448. The summed E-state index contributed by atoms with van der Waals surface area (Å²) in [5.41, 5.74) is 5.54. The van der Waals surface area contributed by atoms with E-state index in [1.165, 1.54) is 0 Å². The van der Waals surface area contributed by atoms with Gasteiger partial charge >= 0.3 is 6.03 Å². The quantitative estimate of drug-likeness (QED) is 0.528. The van der Waals surface area contributed by atoms with Crippen molar-refractivity contribution in [3.63, 3.8) is 0 Å². The molecule has 0 aromatic carbocycles. The number of urea groups is 1. The Kier molecular flexibility index (Phi) is 3.50. The Balaban J connectivity index is 2.42. The lowest BCUT2D eigenvalue weighted by Gasteiger charge is -2.32. The predicted octanol–water partition coefficient (Wildman–Crippen LogP) is -1.03. The zero-order valence-electron chi connectivity index (χ0n) is 7.86. The molecule has 1 heterocycles. The second kappa shape index (κ2) is 4.43. The van der Waals surface area contributed by atoms with Crippen LogP contribution in [0, 0.1) is 5.92 Å². The van der Waals surface area contributed by atoms with Crippen LogP contribution in [0.25, 0.3) is 0 Å². The van der Waals surface area contributed by atoms with Crippen LogP contribution < -0.4 is 11.1 Å². The third kappa shape index (κ3) is 2.86. The van der Waals surface area contributed by atoms with Gasteiger partial charge in [0.15, 0.2) is 0 Å². The summed E-state index contributed by atoms with van der Waals surface area (Å²) in [7, 11) is 0. The monoisotopic (exact) mass is 187 g/mol. The van der Waals surface area contributed by atoms with Crippen molar-refractivity contribution >= 4 is 6.03 Å². The molecule has 1 aliphatic rings. The van der Waals surface area contributed by atoms with Crippen molar-refractivity contribution in [3.8, 4) is 0 Å². The van der Waals surface area contributed by atoms with Gasteiger partial charge in [0.2, 0.25) is 0 Å². The molecule has 2 atom stereocenters. The van der Waals surface area contributed by atoms with Crippen LogP contribution in [0.15, 0.2) is 0 Å². The number of nitrogens with one attached hydrogen (secondary N) is 1. The molecule has 13 heavy (non-hydrogen) atoms. The lowest BCUT2D eigenvalue weighted by atomic mass is 10.1. The molecule has 0 saturated carbocycles. The average Bonchev–Trinajstić information content (AvgIpc) is 2.11. The molecular formula is C8H17N3O2. The molecule has 0 aromatic rings. The number of nitrogens with two attached hydrogens (primary N) is 1. The first-order valence-electron chi connectivity index (χ1n) is 4.52. The van der Waals surface area contributed by atoms with Crippen molar-refractivity contribution < 1.29 is 9.90 Å². The highest BCUT2D eigenvalue weighted by atomic mass is 16.3. The fourth-order valence-electron chi connectivity index (χ4n) is 1.40. The average molecular weight is 187 g/mol. The van der Waals surface area contributed by atoms with Crippen molar-refractivity contribution in [2.75, 3.05) is 26.2 Å². The second-order valence-corrected chi connectivity index (χ2v) is 3.64. The number of amides is 2. The van der Waals surface area contributed by atoms with Gasteiger partial charge in [-0.15, -0.1) is 0 Å². The highest BCUT2D eigenvalue weighted by molar-refractivity contribution is 5.75. The molecule has 5 nitrogen and oxygen atoms in total. The van der Waals surface area contributed by atoms with E-state index < -0.39 is 0 Å². The van der Waals surface area contributed by atoms with E-state index in [9.17, 15) is 4.79 Å². The predicted molar refractivity (Wildman–Crippen MR) is 49.2 cm³/mol. The Hall–Kier alpha value is -0.810. The first kappa shape index (κ1) is 10.3. The van der Waals surface area contributed by atoms with Crippen molar-refractivity contribution in [1.29, 1.82) is 0 Å². The van der Waals surface area contributed by atoms with E-state index >= 15 is 0 Å². The number of nitrogens with zero attached hydrogens (tertiary/aromatic N) is 1. The number of hydrogen-bond donors (Lipinski definition) is 3. The van der Waals surface area contributed by atoms with Crippen LogP contribution in [0.5, 0.6) is 0 Å². The maximum absolute atomic E-state index is 11.3. The molecule has 2 unspecified atom stereocenters. The van der Waals surface area contributed by atoms with Gasteiger partial charge in [0.25, 0.3) is 0 Å². The van der Waals surface area contributed by atoms with Gasteiger partial charge in [-0.05, 0) is 5.92 Å². The topological polar surface area (TPSA) is 78.6 Å². The van der Waals surface area contributed by atoms with Crippen LogP contribution in [0.4, 0.5) is 4.79 Å². The Labute approximate surface area is 77.9 Å². The maximum Gasteiger partial charge on any atom is 0.317 e. The van der Waals surface area contributed by atoms with Crippen molar-refractivity contribution in [1.82, 2.24) is 10.2 Å². The summed E-state index contributed by atoms with van der Waals surface area (Å²) in [6, 6.07) is -0.418. The van der Waals surface area contributed by atoms with Gasteiger partial charge < -0.3 is 21.1 Å². The lowest BCUT2D eigenvalue weighted by Crippen LogP contribution is -2.54. The summed E-state index contributed by atoms with van der Waals surface area (Å²) < 4.78 is 0. The summed E-state index contributed by atoms with van der Waals surface area (Å²) in [4.78, 5) is 12.9. The van der Waals surface area contributed by atoms with Crippen molar-refractivity contribution in [2.45, 2.75) is 13.0 Å². The first-order valence-corrected chi connectivity index (χ1v) is 4.52. The van der Waals surface area contributed by atoms with E-state index in [4.69, 9.17) is 10.8 Å². The lowest BCUT2D eigenvalue weighted by molar-refractivity contribution is 0.156. The van der Waals surface area contributed by atoms with Crippen LogP contribution >= 0.6 is 0 Å². The van der Waals surface area contributed by atoms with Gasteiger partial charge in [-0.3, -0.25) is 0 Å². The van der Waals surface area contributed by atoms with Crippen LogP contribution in [-0.4, -0.2) is 48.3 Å². The SMILES string of the molecule is CC1CNC(=O)N(CC(N)CO)C1. The van der Waals surface area contributed by atoms with E-state index in [1.807, 2.05) is 0 Å². The number of rotatable bonds is 3. The molecule has 0 aliphatic carbocycles. The first-order chi connectivity index (χ1) is 6.13. The van der Waals surface area contributed by atoms with Crippen LogP contribution in [0.1, 0.15) is 6.92 Å². The maximum atomic E-state index is 11.3. The summed E-state index contributed by atoms with van der Waals surface area (Å²) in [6.07, 6.45) is 0. The Morgan fingerprint density at radius 3 is 3.15 bits per heavy atom. The van der Waals surface area contributed by atoms with Gasteiger partial charge in [0.1, 0.15) is 0 Å². The van der Waals surface area contributed by atoms with Crippen molar-refractivity contribution in [3.05, 3.63) is 0 Å². The summed E-state index contributed by atoms with van der Waals surface area (Å²) >= 11 is 0. The molecule has 4 N–H and O–H groups in total. The van der Waals surface area contributed by atoms with Gasteiger partial charge in [0, 0.05) is 25.7 Å². The number of carbonyl (C=O) groups excluding carboxylic acids is 1. The van der Waals surface area contributed by atoms with E-state index in [0.717, 1.165) is 13.1 Å². The fourth-order valence-corrected chi connectivity index (χ4v) is 1.40. The fraction of sp³-hybridized carbons (Fsp3) is 0.875. The molecule has 1 rings (SSSR count). The number of carbonyl (C=O) groups is 1.